The molecule has 0 saturated heterocycles. The number of nitrogens with zero attached hydrogens (tertiary/aromatic N) is 4. The number of aromatic carboxylic acids is 1. The van der Waals surface area contributed by atoms with E-state index in [2.05, 4.69) is 28.2 Å². The molecule has 76 valence electrons. The number of rotatable bonds is 2. The molecular weight excluding hydrogens is 239 g/mol. The Morgan fingerprint density at radius 1 is 1.38 bits per heavy atom. The van der Waals surface area contributed by atoms with Crippen LogP contribution in [0.3, 0.4) is 0 Å². The Bertz CT molecular complexity index is 460. The van der Waals surface area contributed by atoms with E-state index >= 15 is 0 Å². The van der Waals surface area contributed by atoms with E-state index < -0.39 is 11.5 Å². The number of hydrogen-bond acceptors (Lipinski definition) is 6. The van der Waals surface area contributed by atoms with Crippen molar-refractivity contribution in [3.05, 3.63) is 29.8 Å². The van der Waals surface area contributed by atoms with Gasteiger partial charge in [0.05, 0.1) is 5.97 Å². The van der Waals surface area contributed by atoms with E-state index in [-0.39, 0.29) is 35.1 Å². The Morgan fingerprint density at radius 3 is 2.44 bits per heavy atom. The van der Waals surface area contributed by atoms with Crippen LogP contribution < -0.4 is 34.7 Å². The molecule has 16 heavy (non-hydrogen) atoms. The Labute approximate surface area is 119 Å². The maximum Gasteiger partial charge on any atom is 1.00 e. The monoisotopic (exact) mass is 245 g/mol. The second kappa shape index (κ2) is 5.53. The number of hydrogen-bond donors (Lipinski definition) is 1. The van der Waals surface area contributed by atoms with E-state index in [1.165, 1.54) is 16.8 Å². The summed E-state index contributed by atoms with van der Waals surface area (Å²) >= 11 is 4.11. The van der Waals surface area contributed by atoms with Crippen molar-refractivity contribution in [2.45, 2.75) is 5.50 Å². The summed E-state index contributed by atoms with van der Waals surface area (Å²) in [6.45, 7) is 0. The van der Waals surface area contributed by atoms with E-state index in [0.29, 0.717) is 5.69 Å². The van der Waals surface area contributed by atoms with E-state index in [0.717, 1.165) is 0 Å². The van der Waals surface area contributed by atoms with Gasteiger partial charge >= 0.3 is 35.1 Å². The maximum absolute atomic E-state index is 10.5. The van der Waals surface area contributed by atoms with E-state index in [1.54, 1.807) is 12.1 Å². The third kappa shape index (κ3) is 2.67. The zero-order chi connectivity index (χ0) is 10.8. The molecule has 0 radical (unpaired) electrons. The normalized spacial score (nSPS) is 17.8. The van der Waals surface area contributed by atoms with Gasteiger partial charge in [-0.3, -0.25) is 0 Å². The average molecular weight is 245 g/mol. The topological polar surface area (TPSA) is 80.2 Å². The molecule has 6 nitrogen and oxygen atoms in total. The first-order chi connectivity index (χ1) is 7.18. The zero-order valence-corrected chi connectivity index (χ0v) is 11.3. The van der Waals surface area contributed by atoms with Crippen LogP contribution in [0.2, 0.25) is 0 Å². The zero-order valence-electron chi connectivity index (χ0n) is 8.44. The van der Waals surface area contributed by atoms with Gasteiger partial charge in [0.2, 0.25) is 5.22 Å². The molecule has 0 fully saturated rings. The largest absolute Gasteiger partial charge is 1.00 e. The fraction of sp³-hybridized carbons (Fsp3) is 0.125. The number of carboxylic acids is 1. The van der Waals surface area contributed by atoms with Crippen molar-refractivity contribution in [2.75, 3.05) is 0 Å². The summed E-state index contributed by atoms with van der Waals surface area (Å²) < 4.78 is 1.46. The Morgan fingerprint density at radius 2 is 2.00 bits per heavy atom. The minimum Gasteiger partial charge on any atom is -0.545 e. The van der Waals surface area contributed by atoms with Crippen LogP contribution >= 0.6 is 12.6 Å². The number of thiol groups is 1. The van der Waals surface area contributed by atoms with Crippen molar-refractivity contribution in [2.24, 2.45) is 15.6 Å². The third-order valence-corrected chi connectivity index (χ3v) is 2.20. The molecule has 8 heteroatoms. The van der Waals surface area contributed by atoms with E-state index in [4.69, 9.17) is 0 Å². The van der Waals surface area contributed by atoms with Gasteiger partial charge in [-0.15, -0.1) is 12.6 Å². The van der Waals surface area contributed by atoms with Gasteiger partial charge in [0, 0.05) is 5.11 Å². The molecule has 0 aromatic heterocycles. The van der Waals surface area contributed by atoms with Gasteiger partial charge in [-0.25, -0.2) is 0 Å². The molecule has 1 atom stereocenters. The van der Waals surface area contributed by atoms with Gasteiger partial charge in [-0.05, 0) is 29.8 Å². The Hall–Kier alpha value is -0.760. The van der Waals surface area contributed by atoms with Crippen LogP contribution in [-0.4, -0.2) is 16.2 Å². The molecule has 0 aliphatic carbocycles. The molecular formula is C8H6N4NaO2S+. The molecule has 0 bridgehead atoms. The van der Waals surface area contributed by atoms with Crippen molar-refractivity contribution in [3.63, 3.8) is 0 Å². The maximum atomic E-state index is 10.5. The summed E-state index contributed by atoms with van der Waals surface area (Å²) in [6, 6.07) is 6.04. The summed E-state index contributed by atoms with van der Waals surface area (Å²) in [4.78, 5) is 10.5. The number of carbonyl (C=O) groups excluding carboxylic acids is 1. The molecule has 1 aromatic carbocycles. The van der Waals surface area contributed by atoms with Crippen molar-refractivity contribution in [1.29, 1.82) is 0 Å². The van der Waals surface area contributed by atoms with Gasteiger partial charge in [-0.1, -0.05) is 4.70 Å². The fourth-order valence-electron chi connectivity index (χ4n) is 1.14. The minimum atomic E-state index is -1.21. The van der Waals surface area contributed by atoms with Crippen LogP contribution in [0.4, 0.5) is 5.69 Å². The third-order valence-electron chi connectivity index (χ3n) is 1.88. The van der Waals surface area contributed by atoms with E-state index in [1.807, 2.05) is 0 Å². The minimum absolute atomic E-state index is 0. The first-order valence-corrected chi connectivity index (χ1v) is 4.59. The molecule has 2 rings (SSSR count). The van der Waals surface area contributed by atoms with Crippen LogP contribution in [-0.2, 0) is 0 Å². The summed E-state index contributed by atoms with van der Waals surface area (Å²) in [6.07, 6.45) is 0. The predicted octanol–water partition coefficient (Wildman–Crippen LogP) is -2.26. The fourth-order valence-corrected chi connectivity index (χ4v) is 1.37. The van der Waals surface area contributed by atoms with E-state index in [9.17, 15) is 9.90 Å². The molecule has 0 saturated carbocycles. The summed E-state index contributed by atoms with van der Waals surface area (Å²) in [5.41, 5.74) is 0.325. The van der Waals surface area contributed by atoms with Crippen LogP contribution in [0.1, 0.15) is 10.4 Å². The molecule has 1 aliphatic rings. The first kappa shape index (κ1) is 13.3. The molecule has 0 spiro atoms. The van der Waals surface area contributed by atoms with Gasteiger partial charge in [0.1, 0.15) is 0 Å². The Kier molecular flexibility index (Phi) is 4.60. The second-order valence-electron chi connectivity index (χ2n) is 2.82. The first-order valence-electron chi connectivity index (χ1n) is 4.08. The molecule has 0 N–H and O–H groups in total. The average Bonchev–Trinajstić information content (AvgIpc) is 2.65. The molecule has 1 unspecified atom stereocenters. The summed E-state index contributed by atoms with van der Waals surface area (Å²) in [7, 11) is 0. The summed E-state index contributed by atoms with van der Waals surface area (Å²) in [5.74, 6) is -1.21. The van der Waals surface area contributed by atoms with Crippen molar-refractivity contribution in [1.82, 2.24) is 0 Å². The predicted molar refractivity (Wildman–Crippen MR) is 50.8 cm³/mol. The van der Waals surface area contributed by atoms with Gasteiger partial charge in [-0.2, -0.15) is 0 Å². The van der Waals surface area contributed by atoms with Crippen LogP contribution in [0.5, 0.6) is 0 Å². The molecule has 0 amide bonds. The second-order valence-corrected chi connectivity index (χ2v) is 3.28. The SMILES string of the molecule is O=C([O-])c1ccc([N+]2=NN=NC2S)cc1.[Na+]. The van der Waals surface area contributed by atoms with Gasteiger partial charge < -0.3 is 9.90 Å². The van der Waals surface area contributed by atoms with Crippen molar-refractivity contribution < 1.29 is 44.2 Å². The Balaban J connectivity index is 0.00000128. The molecule has 1 aromatic rings. The standard InChI is InChI=1S/C8H6N4O2S.Na/c13-7(14)5-1-3-6(4-2-5)12-8(15)9-10-11-12;/h1-4,8H,(H-,13,14,15);/q;+1. The smallest absolute Gasteiger partial charge is 0.545 e. The number of benzene rings is 1. The van der Waals surface area contributed by atoms with Gasteiger partial charge in [0.15, 0.2) is 10.9 Å². The van der Waals surface area contributed by atoms with Crippen LogP contribution in [0, 0.1) is 0 Å². The van der Waals surface area contributed by atoms with Crippen LogP contribution in [0.15, 0.2) is 39.8 Å². The number of carboxylic acid groups (broad SMARTS) is 1. The molecule has 1 aliphatic heterocycles. The molecule has 1 heterocycles. The van der Waals surface area contributed by atoms with Crippen LogP contribution in [0.25, 0.3) is 0 Å². The quantitative estimate of drug-likeness (QED) is 0.363. The van der Waals surface area contributed by atoms with Crippen molar-refractivity contribution >= 4 is 24.3 Å². The number of carbonyl (C=O) groups is 1. The summed E-state index contributed by atoms with van der Waals surface area (Å²) in [5, 5.41) is 21.3. The van der Waals surface area contributed by atoms with Gasteiger partial charge in [0.25, 0.3) is 0 Å². The van der Waals surface area contributed by atoms with Crippen molar-refractivity contribution in [3.8, 4) is 0 Å².